The summed E-state index contributed by atoms with van der Waals surface area (Å²) in [6.45, 7) is 6.99. The lowest BCUT2D eigenvalue weighted by atomic mass is 10.1. The maximum absolute atomic E-state index is 3.69. The Balaban J connectivity index is 1.92. The minimum atomic E-state index is 0.693. The molecule has 0 aromatic carbocycles. The first-order valence-electron chi connectivity index (χ1n) is 8.67. The van der Waals surface area contributed by atoms with Gasteiger partial charge in [-0.25, -0.2) is 0 Å². The first-order chi connectivity index (χ1) is 9.24. The Bertz CT molecular complexity index is 199. The van der Waals surface area contributed by atoms with Gasteiger partial charge in [0.15, 0.2) is 0 Å². The number of hydrogen-bond donors (Lipinski definition) is 1. The van der Waals surface area contributed by atoms with E-state index >= 15 is 0 Å². The topological polar surface area (TPSA) is 15.3 Å². The predicted octanol–water partition coefficient (Wildman–Crippen LogP) is 4.20. The van der Waals surface area contributed by atoms with Crippen molar-refractivity contribution < 1.29 is 0 Å². The van der Waals surface area contributed by atoms with Gasteiger partial charge in [-0.05, 0) is 33.2 Å². The fourth-order valence-corrected chi connectivity index (χ4v) is 3.17. The first kappa shape index (κ1) is 17.0. The van der Waals surface area contributed by atoms with Crippen molar-refractivity contribution in [2.45, 2.75) is 90.1 Å². The van der Waals surface area contributed by atoms with Crippen LogP contribution in [0.15, 0.2) is 0 Å². The van der Waals surface area contributed by atoms with Crippen LogP contribution in [-0.2, 0) is 0 Å². The third-order valence-corrected chi connectivity index (χ3v) is 4.65. The second kappa shape index (κ2) is 10.7. The minimum Gasteiger partial charge on any atom is -0.313 e. The zero-order valence-corrected chi connectivity index (χ0v) is 13.6. The molecule has 1 rings (SSSR count). The normalized spacial score (nSPS) is 18.3. The zero-order valence-electron chi connectivity index (χ0n) is 13.6. The van der Waals surface area contributed by atoms with E-state index in [0.29, 0.717) is 6.04 Å². The number of unbranched alkanes of at least 4 members (excludes halogenated alkanes) is 4. The van der Waals surface area contributed by atoms with Gasteiger partial charge in [0.2, 0.25) is 0 Å². The Labute approximate surface area is 121 Å². The fourth-order valence-electron chi connectivity index (χ4n) is 3.17. The summed E-state index contributed by atoms with van der Waals surface area (Å²) in [5, 5.41) is 3.69. The van der Waals surface area contributed by atoms with Crippen molar-refractivity contribution in [3.63, 3.8) is 0 Å². The predicted molar refractivity (Wildman–Crippen MR) is 85.7 cm³/mol. The van der Waals surface area contributed by atoms with Gasteiger partial charge in [-0.1, -0.05) is 51.9 Å². The molecule has 0 spiro atoms. The van der Waals surface area contributed by atoms with Crippen LogP contribution in [0.4, 0.5) is 0 Å². The van der Waals surface area contributed by atoms with E-state index < -0.39 is 0 Å². The van der Waals surface area contributed by atoms with Gasteiger partial charge in [0.25, 0.3) is 0 Å². The van der Waals surface area contributed by atoms with E-state index in [-0.39, 0.29) is 0 Å². The Hall–Kier alpha value is -0.0800. The molecular formula is C17H36N2. The van der Waals surface area contributed by atoms with Gasteiger partial charge in [-0.3, -0.25) is 0 Å². The molecule has 114 valence electrons. The van der Waals surface area contributed by atoms with Crippen LogP contribution in [0, 0.1) is 0 Å². The molecule has 0 amide bonds. The van der Waals surface area contributed by atoms with Crippen LogP contribution < -0.4 is 5.32 Å². The average molecular weight is 268 g/mol. The molecule has 2 heteroatoms. The van der Waals surface area contributed by atoms with Crippen LogP contribution in [0.2, 0.25) is 0 Å². The highest BCUT2D eigenvalue weighted by Gasteiger charge is 2.18. The lowest BCUT2D eigenvalue weighted by Crippen LogP contribution is -2.38. The molecule has 1 fully saturated rings. The van der Waals surface area contributed by atoms with Crippen LogP contribution in [0.25, 0.3) is 0 Å². The Kier molecular flexibility index (Phi) is 9.54. The van der Waals surface area contributed by atoms with Crippen LogP contribution in [0.5, 0.6) is 0 Å². The average Bonchev–Trinajstić information content (AvgIpc) is 2.92. The molecule has 0 heterocycles. The van der Waals surface area contributed by atoms with Gasteiger partial charge >= 0.3 is 0 Å². The van der Waals surface area contributed by atoms with Crippen molar-refractivity contribution >= 4 is 0 Å². The van der Waals surface area contributed by atoms with E-state index in [0.717, 1.165) is 12.6 Å². The summed E-state index contributed by atoms with van der Waals surface area (Å²) in [4.78, 5) is 2.56. The highest BCUT2D eigenvalue weighted by atomic mass is 15.1. The molecule has 0 saturated heterocycles. The maximum Gasteiger partial charge on any atom is 0.0107 e. The molecule has 0 radical (unpaired) electrons. The summed E-state index contributed by atoms with van der Waals surface area (Å²) in [7, 11) is 2.30. The molecule has 1 aliphatic rings. The zero-order chi connectivity index (χ0) is 13.9. The van der Waals surface area contributed by atoms with Crippen molar-refractivity contribution in [1.29, 1.82) is 0 Å². The van der Waals surface area contributed by atoms with Gasteiger partial charge in [-0.15, -0.1) is 0 Å². The number of nitrogens with zero attached hydrogens (tertiary/aromatic N) is 1. The van der Waals surface area contributed by atoms with Gasteiger partial charge in [-0.2, -0.15) is 0 Å². The number of rotatable bonds is 11. The molecule has 19 heavy (non-hydrogen) atoms. The largest absolute Gasteiger partial charge is 0.313 e. The lowest BCUT2D eigenvalue weighted by molar-refractivity contribution is 0.242. The summed E-state index contributed by atoms with van der Waals surface area (Å²) in [5.74, 6) is 0. The second-order valence-corrected chi connectivity index (χ2v) is 6.48. The standard InChI is InChI=1S/C17H36N2/c1-4-5-6-7-8-11-16(2)18-14-15-19(3)17-12-9-10-13-17/h16-18H,4-15H2,1-3H3. The third kappa shape index (κ3) is 7.94. The second-order valence-electron chi connectivity index (χ2n) is 6.48. The smallest absolute Gasteiger partial charge is 0.0107 e. The van der Waals surface area contributed by atoms with Crippen LogP contribution in [0.1, 0.15) is 78.1 Å². The van der Waals surface area contributed by atoms with E-state index in [1.165, 1.54) is 70.8 Å². The van der Waals surface area contributed by atoms with E-state index in [1.54, 1.807) is 0 Å². The van der Waals surface area contributed by atoms with E-state index in [1.807, 2.05) is 0 Å². The van der Waals surface area contributed by atoms with Crippen LogP contribution >= 0.6 is 0 Å². The minimum absolute atomic E-state index is 0.693. The van der Waals surface area contributed by atoms with E-state index in [2.05, 4.69) is 31.1 Å². The summed E-state index contributed by atoms with van der Waals surface area (Å²) < 4.78 is 0. The fraction of sp³-hybridized carbons (Fsp3) is 1.00. The number of hydrogen-bond acceptors (Lipinski definition) is 2. The molecule has 0 bridgehead atoms. The summed E-state index contributed by atoms with van der Waals surface area (Å²) in [6, 6.07) is 1.56. The van der Waals surface area contributed by atoms with Crippen molar-refractivity contribution in [3.05, 3.63) is 0 Å². The highest BCUT2D eigenvalue weighted by molar-refractivity contribution is 4.75. The quantitative estimate of drug-likeness (QED) is 0.565. The molecule has 1 unspecified atom stereocenters. The number of nitrogens with one attached hydrogen (secondary N) is 1. The molecule has 1 atom stereocenters. The Morgan fingerprint density at radius 3 is 2.47 bits per heavy atom. The summed E-state index contributed by atoms with van der Waals surface area (Å²) in [5.41, 5.74) is 0. The summed E-state index contributed by atoms with van der Waals surface area (Å²) >= 11 is 0. The monoisotopic (exact) mass is 268 g/mol. The van der Waals surface area contributed by atoms with Crippen LogP contribution in [-0.4, -0.2) is 37.1 Å². The SMILES string of the molecule is CCCCCCCC(C)NCCN(C)C1CCCC1. The molecule has 1 N–H and O–H groups in total. The van der Waals surface area contributed by atoms with Crippen molar-refractivity contribution in [2.24, 2.45) is 0 Å². The van der Waals surface area contributed by atoms with Gasteiger partial charge in [0, 0.05) is 25.2 Å². The molecule has 0 aromatic heterocycles. The van der Waals surface area contributed by atoms with Crippen molar-refractivity contribution in [2.75, 3.05) is 20.1 Å². The maximum atomic E-state index is 3.69. The van der Waals surface area contributed by atoms with Gasteiger partial charge < -0.3 is 10.2 Å². The molecule has 1 saturated carbocycles. The summed E-state index contributed by atoms with van der Waals surface area (Å²) in [6.07, 6.45) is 14.1. The van der Waals surface area contributed by atoms with Gasteiger partial charge in [0.05, 0.1) is 0 Å². The van der Waals surface area contributed by atoms with Gasteiger partial charge in [0.1, 0.15) is 0 Å². The van der Waals surface area contributed by atoms with Crippen molar-refractivity contribution in [1.82, 2.24) is 10.2 Å². The molecule has 2 nitrogen and oxygen atoms in total. The lowest BCUT2D eigenvalue weighted by Gasteiger charge is -2.25. The van der Waals surface area contributed by atoms with E-state index in [9.17, 15) is 0 Å². The highest BCUT2D eigenvalue weighted by Crippen LogP contribution is 2.21. The molecule has 1 aliphatic carbocycles. The Morgan fingerprint density at radius 2 is 1.79 bits per heavy atom. The third-order valence-electron chi connectivity index (χ3n) is 4.65. The Morgan fingerprint density at radius 1 is 1.11 bits per heavy atom. The first-order valence-corrected chi connectivity index (χ1v) is 8.67. The van der Waals surface area contributed by atoms with Crippen molar-refractivity contribution in [3.8, 4) is 0 Å². The molecule has 0 aromatic rings. The number of likely N-dealkylation sites (N-methyl/N-ethyl adjacent to an activating group) is 1. The van der Waals surface area contributed by atoms with E-state index in [4.69, 9.17) is 0 Å². The van der Waals surface area contributed by atoms with Crippen LogP contribution in [0.3, 0.4) is 0 Å². The molecular weight excluding hydrogens is 232 g/mol. The molecule has 0 aliphatic heterocycles.